The van der Waals surface area contributed by atoms with Crippen LogP contribution >= 0.6 is 0 Å². The second-order valence-corrected chi connectivity index (χ2v) is 9.92. The van der Waals surface area contributed by atoms with Gasteiger partial charge in [0.15, 0.2) is 0 Å². The van der Waals surface area contributed by atoms with E-state index in [1.165, 1.54) is 17.4 Å². The first kappa shape index (κ1) is 24.1. The van der Waals surface area contributed by atoms with Gasteiger partial charge in [0.25, 0.3) is 5.56 Å². The summed E-state index contributed by atoms with van der Waals surface area (Å²) in [5.74, 6) is 0.977. The fourth-order valence-electron chi connectivity index (χ4n) is 4.94. The highest BCUT2D eigenvalue weighted by Crippen LogP contribution is 2.23. The van der Waals surface area contributed by atoms with E-state index >= 15 is 0 Å². The number of nitrogens with zero attached hydrogens (tertiary/aromatic N) is 3. The molecule has 0 radical (unpaired) electrons. The molecule has 1 aliphatic heterocycles. The minimum absolute atomic E-state index is 0.239. The Labute approximate surface area is 211 Å². The quantitative estimate of drug-likeness (QED) is 0.356. The maximum absolute atomic E-state index is 13.7. The molecule has 0 bridgehead atoms. The standard InChI is InChI=1S/C30H33N3O3/c1-22(2)21-32-28-20-24(23-8-4-3-5-9-23)10-15-27(28)29(34)33(30(32)35)25-11-13-26(14-12-25)36-19-18-31-16-6-7-17-31/h3-5,8-15,20,22H,6-7,16-19,21H2,1-2H3. The number of likely N-dealkylation sites (tertiary alicyclic amines) is 1. The van der Waals surface area contributed by atoms with Gasteiger partial charge in [0.05, 0.1) is 16.6 Å². The van der Waals surface area contributed by atoms with Crippen molar-refractivity contribution >= 4 is 10.9 Å². The Morgan fingerprint density at radius 1 is 0.861 bits per heavy atom. The minimum Gasteiger partial charge on any atom is -0.492 e. The Morgan fingerprint density at radius 2 is 1.58 bits per heavy atom. The first-order valence-electron chi connectivity index (χ1n) is 12.8. The number of hydrogen-bond acceptors (Lipinski definition) is 4. The Balaban J connectivity index is 1.51. The van der Waals surface area contributed by atoms with E-state index in [1.54, 1.807) is 16.7 Å². The molecule has 36 heavy (non-hydrogen) atoms. The number of hydrogen-bond donors (Lipinski definition) is 0. The fourth-order valence-corrected chi connectivity index (χ4v) is 4.94. The van der Waals surface area contributed by atoms with E-state index in [1.807, 2.05) is 60.7 Å². The molecule has 0 aliphatic carbocycles. The van der Waals surface area contributed by atoms with Crippen LogP contribution in [0.25, 0.3) is 27.7 Å². The van der Waals surface area contributed by atoms with Gasteiger partial charge < -0.3 is 4.74 Å². The molecule has 1 aromatic heterocycles. The molecule has 0 N–H and O–H groups in total. The van der Waals surface area contributed by atoms with E-state index in [2.05, 4.69) is 18.7 Å². The molecule has 186 valence electrons. The number of rotatable bonds is 8. The molecule has 4 aromatic rings. The van der Waals surface area contributed by atoms with Gasteiger partial charge in [-0.1, -0.05) is 50.2 Å². The largest absolute Gasteiger partial charge is 0.492 e. The van der Waals surface area contributed by atoms with Crippen molar-refractivity contribution in [3.8, 4) is 22.6 Å². The third kappa shape index (κ3) is 5.00. The van der Waals surface area contributed by atoms with Crippen LogP contribution in [0.2, 0.25) is 0 Å². The number of ether oxygens (including phenoxy) is 1. The summed E-state index contributed by atoms with van der Waals surface area (Å²) in [5.41, 5.74) is 2.60. The van der Waals surface area contributed by atoms with Gasteiger partial charge in [-0.25, -0.2) is 9.36 Å². The second kappa shape index (κ2) is 10.5. The fraction of sp³-hybridized carbons (Fsp3) is 0.333. The van der Waals surface area contributed by atoms with Crippen molar-refractivity contribution < 1.29 is 4.74 Å². The molecule has 1 saturated heterocycles. The lowest BCUT2D eigenvalue weighted by Crippen LogP contribution is -2.39. The van der Waals surface area contributed by atoms with Gasteiger partial charge in [0, 0.05) is 13.1 Å². The van der Waals surface area contributed by atoms with Crippen LogP contribution in [0, 0.1) is 5.92 Å². The van der Waals surface area contributed by atoms with Crippen LogP contribution in [-0.4, -0.2) is 40.3 Å². The van der Waals surface area contributed by atoms with Crippen LogP contribution in [0.4, 0.5) is 0 Å². The van der Waals surface area contributed by atoms with Crippen molar-refractivity contribution in [2.45, 2.75) is 33.2 Å². The predicted molar refractivity (Wildman–Crippen MR) is 145 cm³/mol. The minimum atomic E-state index is -0.325. The van der Waals surface area contributed by atoms with Crippen LogP contribution in [0.5, 0.6) is 5.75 Å². The Kier molecular flexibility index (Phi) is 7.05. The highest BCUT2D eigenvalue weighted by atomic mass is 16.5. The molecule has 6 nitrogen and oxygen atoms in total. The number of benzene rings is 3. The van der Waals surface area contributed by atoms with Crippen molar-refractivity contribution in [3.05, 3.63) is 93.6 Å². The zero-order chi connectivity index (χ0) is 25.1. The maximum atomic E-state index is 13.7. The predicted octanol–water partition coefficient (Wildman–Crippen LogP) is 4.95. The molecule has 0 spiro atoms. The molecule has 3 aromatic carbocycles. The van der Waals surface area contributed by atoms with Gasteiger partial charge in [-0.2, -0.15) is 0 Å². The zero-order valence-corrected chi connectivity index (χ0v) is 21.0. The van der Waals surface area contributed by atoms with E-state index in [9.17, 15) is 9.59 Å². The molecule has 0 unspecified atom stereocenters. The third-order valence-corrected chi connectivity index (χ3v) is 6.77. The summed E-state index contributed by atoms with van der Waals surface area (Å²) in [6, 6.07) is 23.0. The lowest BCUT2D eigenvalue weighted by Gasteiger charge is -2.17. The third-order valence-electron chi connectivity index (χ3n) is 6.77. The van der Waals surface area contributed by atoms with Crippen LogP contribution in [-0.2, 0) is 6.54 Å². The summed E-state index contributed by atoms with van der Waals surface area (Å²) in [5, 5.41) is 0.529. The van der Waals surface area contributed by atoms with E-state index in [4.69, 9.17) is 4.74 Å². The summed E-state index contributed by atoms with van der Waals surface area (Å²) < 4.78 is 8.92. The summed E-state index contributed by atoms with van der Waals surface area (Å²) >= 11 is 0. The maximum Gasteiger partial charge on any atom is 0.336 e. The summed E-state index contributed by atoms with van der Waals surface area (Å²) in [4.78, 5) is 29.6. The van der Waals surface area contributed by atoms with E-state index in [0.717, 1.165) is 36.5 Å². The average Bonchev–Trinajstić information content (AvgIpc) is 3.41. The normalized spacial score (nSPS) is 14.1. The van der Waals surface area contributed by atoms with Gasteiger partial charge in [-0.15, -0.1) is 0 Å². The highest BCUT2D eigenvalue weighted by Gasteiger charge is 2.17. The number of aromatic nitrogens is 2. The lowest BCUT2D eigenvalue weighted by atomic mass is 10.0. The van der Waals surface area contributed by atoms with E-state index in [0.29, 0.717) is 29.7 Å². The van der Waals surface area contributed by atoms with Gasteiger partial charge in [0.1, 0.15) is 12.4 Å². The Hall–Kier alpha value is -3.64. The average molecular weight is 484 g/mol. The van der Waals surface area contributed by atoms with E-state index in [-0.39, 0.29) is 17.2 Å². The van der Waals surface area contributed by atoms with Crippen molar-refractivity contribution in [3.63, 3.8) is 0 Å². The van der Waals surface area contributed by atoms with Gasteiger partial charge in [0.2, 0.25) is 0 Å². The van der Waals surface area contributed by atoms with Crippen molar-refractivity contribution in [2.24, 2.45) is 5.92 Å². The summed E-state index contributed by atoms with van der Waals surface area (Å²) in [7, 11) is 0. The highest BCUT2D eigenvalue weighted by molar-refractivity contribution is 5.84. The van der Waals surface area contributed by atoms with Gasteiger partial charge >= 0.3 is 5.69 Å². The molecule has 1 aliphatic rings. The lowest BCUT2D eigenvalue weighted by molar-refractivity contribution is 0.238. The zero-order valence-electron chi connectivity index (χ0n) is 21.0. The van der Waals surface area contributed by atoms with Crippen LogP contribution < -0.4 is 16.0 Å². The second-order valence-electron chi connectivity index (χ2n) is 9.92. The van der Waals surface area contributed by atoms with Crippen LogP contribution in [0.3, 0.4) is 0 Å². The Bertz CT molecular complexity index is 1450. The first-order chi connectivity index (χ1) is 17.5. The van der Waals surface area contributed by atoms with Crippen molar-refractivity contribution in [1.82, 2.24) is 14.0 Å². The molecule has 0 saturated carbocycles. The summed E-state index contributed by atoms with van der Waals surface area (Å²) in [6.45, 7) is 8.49. The monoisotopic (exact) mass is 483 g/mol. The van der Waals surface area contributed by atoms with Gasteiger partial charge in [-0.05, 0) is 79.4 Å². The SMILES string of the molecule is CC(C)Cn1c(=O)n(-c2ccc(OCCN3CCCC3)cc2)c(=O)c2ccc(-c3ccccc3)cc21. The topological polar surface area (TPSA) is 56.5 Å². The van der Waals surface area contributed by atoms with Gasteiger partial charge in [-0.3, -0.25) is 14.3 Å². The molecular formula is C30H33N3O3. The number of fused-ring (bicyclic) bond motifs is 1. The first-order valence-corrected chi connectivity index (χ1v) is 12.8. The molecule has 5 rings (SSSR count). The van der Waals surface area contributed by atoms with E-state index < -0.39 is 0 Å². The van der Waals surface area contributed by atoms with Crippen molar-refractivity contribution in [2.75, 3.05) is 26.2 Å². The molecular weight excluding hydrogens is 450 g/mol. The van der Waals surface area contributed by atoms with Crippen LogP contribution in [0.1, 0.15) is 26.7 Å². The Morgan fingerprint density at radius 3 is 2.28 bits per heavy atom. The molecule has 0 amide bonds. The van der Waals surface area contributed by atoms with Crippen LogP contribution in [0.15, 0.2) is 82.4 Å². The molecule has 2 heterocycles. The molecule has 1 fully saturated rings. The molecule has 0 atom stereocenters. The van der Waals surface area contributed by atoms with Crippen molar-refractivity contribution in [1.29, 1.82) is 0 Å². The molecule has 6 heteroatoms. The summed E-state index contributed by atoms with van der Waals surface area (Å²) in [6.07, 6.45) is 2.52. The smallest absolute Gasteiger partial charge is 0.336 e.